The van der Waals surface area contributed by atoms with Gasteiger partial charge in [-0.2, -0.15) is 0 Å². The first-order chi connectivity index (χ1) is 27.2. The molecular formula is C49H32N6. The fraction of sp³-hybridized carbons (Fsp3) is 0. The third kappa shape index (κ3) is 6.11. The highest BCUT2D eigenvalue weighted by molar-refractivity contribution is 6.09. The Labute approximate surface area is 318 Å². The Kier molecular flexibility index (Phi) is 8.04. The Bertz CT molecular complexity index is 2850. The molecule has 55 heavy (non-hydrogen) atoms. The fourth-order valence-electron chi connectivity index (χ4n) is 7.28. The molecule has 0 radical (unpaired) electrons. The summed E-state index contributed by atoms with van der Waals surface area (Å²) in [7, 11) is 0. The molecule has 0 saturated carbocycles. The lowest BCUT2D eigenvalue weighted by Crippen LogP contribution is -1.98. The van der Waals surface area contributed by atoms with E-state index in [9.17, 15) is 0 Å². The highest BCUT2D eigenvalue weighted by atomic mass is 15.0. The van der Waals surface area contributed by atoms with Gasteiger partial charge < -0.3 is 4.57 Å². The van der Waals surface area contributed by atoms with Gasteiger partial charge in [0.25, 0.3) is 0 Å². The Hall–Kier alpha value is -7.57. The first-order valence-corrected chi connectivity index (χ1v) is 18.2. The number of benzene rings is 5. The molecule has 0 aliphatic carbocycles. The van der Waals surface area contributed by atoms with Crippen molar-refractivity contribution in [3.63, 3.8) is 0 Å². The zero-order chi connectivity index (χ0) is 36.6. The molecule has 6 heteroatoms. The number of hydrogen-bond acceptors (Lipinski definition) is 5. The standard InChI is InChI=1S/C49H32N6/c1-3-13-33(14-4-1)37-30-45(41-19-11-12-27-50-41)52-46(31-37)44-29-36(26-28-51-44)43-32-42(34-15-5-2-6-16-34)53-49(54-43)35-22-24-38(25-23-35)55-47-20-9-7-17-39(47)40-18-8-10-21-48(40)55/h1-32H. The molecular weight excluding hydrogens is 673 g/mol. The molecule has 0 fully saturated rings. The third-order valence-corrected chi connectivity index (χ3v) is 9.94. The molecule has 10 rings (SSSR count). The zero-order valence-electron chi connectivity index (χ0n) is 29.7. The van der Waals surface area contributed by atoms with Crippen molar-refractivity contribution in [3.8, 4) is 73.5 Å². The average Bonchev–Trinajstić information content (AvgIpc) is 3.61. The maximum Gasteiger partial charge on any atom is 0.160 e. The van der Waals surface area contributed by atoms with Crippen LogP contribution in [0.4, 0.5) is 0 Å². The number of fused-ring (bicyclic) bond motifs is 3. The minimum Gasteiger partial charge on any atom is -0.309 e. The van der Waals surface area contributed by atoms with Gasteiger partial charge in [0.05, 0.1) is 45.2 Å². The van der Waals surface area contributed by atoms with Crippen LogP contribution in [-0.4, -0.2) is 29.5 Å². The summed E-state index contributed by atoms with van der Waals surface area (Å²) in [6, 6.07) is 62.4. The van der Waals surface area contributed by atoms with Crippen molar-refractivity contribution in [1.82, 2.24) is 29.5 Å². The van der Waals surface area contributed by atoms with Gasteiger partial charge in [0.2, 0.25) is 0 Å². The van der Waals surface area contributed by atoms with E-state index in [0.29, 0.717) is 5.82 Å². The summed E-state index contributed by atoms with van der Waals surface area (Å²) in [5, 5.41) is 2.47. The van der Waals surface area contributed by atoms with Gasteiger partial charge >= 0.3 is 0 Å². The van der Waals surface area contributed by atoms with Crippen molar-refractivity contribution in [2.24, 2.45) is 0 Å². The normalized spacial score (nSPS) is 11.3. The number of para-hydroxylation sites is 2. The highest BCUT2D eigenvalue weighted by Crippen LogP contribution is 2.35. The van der Waals surface area contributed by atoms with Crippen LogP contribution in [0, 0.1) is 0 Å². The van der Waals surface area contributed by atoms with Gasteiger partial charge in [0, 0.05) is 45.5 Å². The number of nitrogens with zero attached hydrogens (tertiary/aromatic N) is 6. The van der Waals surface area contributed by atoms with Crippen LogP contribution >= 0.6 is 0 Å². The van der Waals surface area contributed by atoms with E-state index in [-0.39, 0.29) is 0 Å². The second kappa shape index (κ2) is 13.8. The molecule has 0 aliphatic rings. The van der Waals surface area contributed by atoms with Crippen LogP contribution in [-0.2, 0) is 0 Å². The van der Waals surface area contributed by atoms with Gasteiger partial charge in [-0.15, -0.1) is 0 Å². The molecule has 0 amide bonds. The molecule has 5 aromatic carbocycles. The van der Waals surface area contributed by atoms with E-state index < -0.39 is 0 Å². The number of aromatic nitrogens is 6. The van der Waals surface area contributed by atoms with Gasteiger partial charge in [-0.1, -0.05) is 103 Å². The van der Waals surface area contributed by atoms with Crippen LogP contribution < -0.4 is 0 Å². The molecule has 0 bridgehead atoms. The van der Waals surface area contributed by atoms with Crippen LogP contribution in [0.15, 0.2) is 194 Å². The Morgan fingerprint density at radius 3 is 1.55 bits per heavy atom. The van der Waals surface area contributed by atoms with Crippen LogP contribution in [0.2, 0.25) is 0 Å². The monoisotopic (exact) mass is 704 g/mol. The first-order valence-electron chi connectivity index (χ1n) is 18.2. The molecule has 5 heterocycles. The van der Waals surface area contributed by atoms with Crippen LogP contribution in [0.5, 0.6) is 0 Å². The smallest absolute Gasteiger partial charge is 0.160 e. The molecule has 6 nitrogen and oxygen atoms in total. The second-order valence-corrected chi connectivity index (χ2v) is 13.4. The summed E-state index contributed by atoms with van der Waals surface area (Å²) < 4.78 is 2.32. The van der Waals surface area contributed by atoms with E-state index >= 15 is 0 Å². The van der Waals surface area contributed by atoms with Gasteiger partial charge in [-0.25, -0.2) is 15.0 Å². The third-order valence-electron chi connectivity index (χ3n) is 9.94. The Balaban J connectivity index is 1.08. The summed E-state index contributed by atoms with van der Waals surface area (Å²) >= 11 is 0. The Morgan fingerprint density at radius 2 is 0.873 bits per heavy atom. The predicted octanol–water partition coefficient (Wildman–Crippen LogP) is 11.8. The lowest BCUT2D eigenvalue weighted by molar-refractivity contribution is 1.16. The molecule has 0 N–H and O–H groups in total. The van der Waals surface area contributed by atoms with Gasteiger partial charge in [0.15, 0.2) is 5.82 Å². The fourth-order valence-corrected chi connectivity index (χ4v) is 7.28. The van der Waals surface area contributed by atoms with E-state index in [1.807, 2.05) is 66.9 Å². The van der Waals surface area contributed by atoms with Crippen molar-refractivity contribution in [2.45, 2.75) is 0 Å². The topological polar surface area (TPSA) is 69.4 Å². The average molecular weight is 705 g/mol. The molecule has 0 unspecified atom stereocenters. The molecule has 10 aromatic rings. The predicted molar refractivity (Wildman–Crippen MR) is 222 cm³/mol. The molecule has 0 saturated heterocycles. The van der Waals surface area contributed by atoms with Crippen molar-refractivity contribution in [3.05, 3.63) is 194 Å². The van der Waals surface area contributed by atoms with Crippen molar-refractivity contribution in [2.75, 3.05) is 0 Å². The zero-order valence-corrected chi connectivity index (χ0v) is 29.7. The minimum absolute atomic E-state index is 0.644. The second-order valence-electron chi connectivity index (χ2n) is 13.4. The summed E-state index contributed by atoms with van der Waals surface area (Å²) in [5.41, 5.74) is 13.1. The quantitative estimate of drug-likeness (QED) is 0.165. The van der Waals surface area contributed by atoms with Gasteiger partial charge in [-0.3, -0.25) is 9.97 Å². The van der Waals surface area contributed by atoms with Gasteiger partial charge in [0.1, 0.15) is 0 Å². The summed E-state index contributed by atoms with van der Waals surface area (Å²) in [6.07, 6.45) is 3.62. The maximum atomic E-state index is 5.18. The van der Waals surface area contributed by atoms with E-state index in [4.69, 9.17) is 19.9 Å². The Morgan fingerprint density at radius 1 is 0.309 bits per heavy atom. The lowest BCUT2D eigenvalue weighted by Gasteiger charge is -2.12. The molecule has 0 spiro atoms. The lowest BCUT2D eigenvalue weighted by atomic mass is 10.0. The molecule has 0 aliphatic heterocycles. The van der Waals surface area contributed by atoms with Crippen molar-refractivity contribution >= 4 is 21.8 Å². The van der Waals surface area contributed by atoms with Crippen LogP contribution in [0.1, 0.15) is 0 Å². The number of pyridine rings is 3. The largest absolute Gasteiger partial charge is 0.309 e. The maximum absolute atomic E-state index is 5.18. The van der Waals surface area contributed by atoms with Crippen molar-refractivity contribution < 1.29 is 0 Å². The molecule has 0 atom stereocenters. The number of hydrogen-bond donors (Lipinski definition) is 0. The number of rotatable bonds is 7. The highest BCUT2D eigenvalue weighted by Gasteiger charge is 2.16. The van der Waals surface area contributed by atoms with E-state index in [1.54, 1.807) is 6.20 Å². The SMILES string of the molecule is c1ccc(-c2cc(-c3ccccn3)nc(-c3cc(-c4cc(-c5ccccc5)nc(-c5ccc(-n6c7ccccc7c7ccccc76)cc5)n4)ccn3)c2)cc1. The summed E-state index contributed by atoms with van der Waals surface area (Å²) in [5.74, 6) is 0.644. The summed E-state index contributed by atoms with van der Waals surface area (Å²) in [6.45, 7) is 0. The first kappa shape index (κ1) is 32.1. The van der Waals surface area contributed by atoms with E-state index in [2.05, 4.69) is 131 Å². The van der Waals surface area contributed by atoms with Crippen molar-refractivity contribution in [1.29, 1.82) is 0 Å². The van der Waals surface area contributed by atoms with Crippen LogP contribution in [0.25, 0.3) is 95.3 Å². The van der Waals surface area contributed by atoms with E-state index in [1.165, 1.54) is 21.8 Å². The molecule has 258 valence electrons. The van der Waals surface area contributed by atoms with E-state index in [0.717, 1.165) is 67.7 Å². The minimum atomic E-state index is 0.644. The van der Waals surface area contributed by atoms with Gasteiger partial charge in [-0.05, 0) is 90.0 Å². The van der Waals surface area contributed by atoms with Crippen LogP contribution in [0.3, 0.4) is 0 Å². The summed E-state index contributed by atoms with van der Waals surface area (Å²) in [4.78, 5) is 24.8. The molecule has 5 aromatic heterocycles.